The Morgan fingerprint density at radius 1 is 1.06 bits per heavy atom. The molecule has 3 aromatic rings. The Labute approximate surface area is 192 Å². The molecule has 0 saturated carbocycles. The Bertz CT molecular complexity index is 1130. The maximum atomic E-state index is 13.5. The van der Waals surface area contributed by atoms with Crippen LogP contribution in [-0.4, -0.2) is 40.6 Å². The maximum Gasteiger partial charge on any atom is 0.263 e. The molecule has 0 unspecified atom stereocenters. The van der Waals surface area contributed by atoms with Crippen molar-refractivity contribution in [1.82, 2.24) is 14.5 Å². The van der Waals surface area contributed by atoms with Crippen LogP contribution in [0.15, 0.2) is 29.1 Å². The quantitative estimate of drug-likeness (QED) is 0.557. The van der Waals surface area contributed by atoms with Crippen molar-refractivity contribution in [3.05, 3.63) is 55.6 Å². The predicted octanol–water partition coefficient (Wildman–Crippen LogP) is 4.72. The van der Waals surface area contributed by atoms with Gasteiger partial charge in [-0.15, -0.1) is 11.3 Å². The van der Waals surface area contributed by atoms with Gasteiger partial charge in [0.05, 0.1) is 5.39 Å². The molecule has 164 valence electrons. The number of fused-ring (bicyclic) bond motifs is 3. The van der Waals surface area contributed by atoms with Crippen LogP contribution in [0.2, 0.25) is 5.02 Å². The monoisotopic (exact) mass is 456 g/mol. The molecule has 31 heavy (non-hydrogen) atoms. The van der Waals surface area contributed by atoms with Gasteiger partial charge >= 0.3 is 0 Å². The van der Waals surface area contributed by atoms with Crippen molar-refractivity contribution in [2.45, 2.75) is 52.1 Å². The van der Waals surface area contributed by atoms with Crippen molar-refractivity contribution in [1.29, 1.82) is 0 Å². The first-order chi connectivity index (χ1) is 15.1. The van der Waals surface area contributed by atoms with Gasteiger partial charge in [0.25, 0.3) is 5.56 Å². The van der Waals surface area contributed by atoms with E-state index in [0.29, 0.717) is 0 Å². The van der Waals surface area contributed by atoms with Crippen molar-refractivity contribution in [3.63, 3.8) is 0 Å². The van der Waals surface area contributed by atoms with Crippen LogP contribution in [0.25, 0.3) is 10.2 Å². The zero-order chi connectivity index (χ0) is 21.4. The zero-order valence-corrected chi connectivity index (χ0v) is 19.6. The number of piperazine rings is 1. The van der Waals surface area contributed by atoms with E-state index < -0.39 is 0 Å². The molecule has 0 radical (unpaired) electrons. The summed E-state index contributed by atoms with van der Waals surface area (Å²) < 4.78 is 1.94. The number of hydrogen-bond donors (Lipinski definition) is 0. The van der Waals surface area contributed by atoms with E-state index in [9.17, 15) is 4.79 Å². The molecule has 0 spiro atoms. The summed E-state index contributed by atoms with van der Waals surface area (Å²) >= 11 is 7.77. The number of benzene rings is 1. The lowest BCUT2D eigenvalue weighted by Gasteiger charge is -2.36. The molecule has 5 rings (SSSR count). The van der Waals surface area contributed by atoms with Crippen LogP contribution in [0, 0.1) is 0 Å². The predicted molar refractivity (Wildman–Crippen MR) is 130 cm³/mol. The average Bonchev–Trinajstić information content (AvgIpc) is 3.16. The number of aromatic nitrogens is 2. The molecule has 2 aromatic heterocycles. The van der Waals surface area contributed by atoms with E-state index >= 15 is 0 Å². The van der Waals surface area contributed by atoms with E-state index in [4.69, 9.17) is 16.6 Å². The Balaban J connectivity index is 1.40. The van der Waals surface area contributed by atoms with Crippen molar-refractivity contribution < 1.29 is 0 Å². The van der Waals surface area contributed by atoms with Gasteiger partial charge in [0.1, 0.15) is 4.83 Å². The average molecular weight is 457 g/mol. The smallest absolute Gasteiger partial charge is 0.263 e. The van der Waals surface area contributed by atoms with Gasteiger partial charge in [-0.1, -0.05) is 30.7 Å². The Morgan fingerprint density at radius 2 is 1.81 bits per heavy atom. The van der Waals surface area contributed by atoms with Crippen LogP contribution < -0.4 is 10.5 Å². The number of halogens is 1. The summed E-state index contributed by atoms with van der Waals surface area (Å²) in [7, 11) is 0. The molecule has 1 aromatic carbocycles. The maximum absolute atomic E-state index is 13.5. The second-order valence-electron chi connectivity index (χ2n) is 8.65. The molecular weight excluding hydrogens is 428 g/mol. The highest BCUT2D eigenvalue weighted by Gasteiger charge is 2.26. The molecule has 5 nitrogen and oxygen atoms in total. The second kappa shape index (κ2) is 8.93. The number of hydrogen-bond acceptors (Lipinski definition) is 5. The molecule has 3 heterocycles. The Kier molecular flexibility index (Phi) is 6.04. The molecule has 2 aliphatic rings. The highest BCUT2D eigenvalue weighted by Crippen LogP contribution is 2.34. The molecule has 1 aliphatic heterocycles. The number of aryl methyl sites for hydroxylation is 2. The third-order valence-corrected chi connectivity index (χ3v) is 7.91. The highest BCUT2D eigenvalue weighted by molar-refractivity contribution is 7.18. The third kappa shape index (κ3) is 4.13. The lowest BCUT2D eigenvalue weighted by molar-refractivity contribution is 0.248. The number of thiophene rings is 1. The van der Waals surface area contributed by atoms with Crippen LogP contribution in [0.1, 0.15) is 42.2 Å². The van der Waals surface area contributed by atoms with Crippen molar-refractivity contribution in [2.75, 3.05) is 31.1 Å². The van der Waals surface area contributed by atoms with Gasteiger partial charge in [-0.05, 0) is 55.4 Å². The van der Waals surface area contributed by atoms with E-state index in [0.717, 1.165) is 79.7 Å². The summed E-state index contributed by atoms with van der Waals surface area (Å²) in [6.45, 7) is 7.49. The number of rotatable bonds is 5. The van der Waals surface area contributed by atoms with E-state index in [1.54, 1.807) is 11.3 Å². The normalized spacial score (nSPS) is 17.3. The summed E-state index contributed by atoms with van der Waals surface area (Å²) in [6.07, 6.45) is 5.47. The molecule has 1 saturated heterocycles. The Hall–Kier alpha value is -1.89. The third-order valence-electron chi connectivity index (χ3n) is 6.48. The molecule has 0 bridgehead atoms. The minimum absolute atomic E-state index is 0.171. The fourth-order valence-corrected chi connectivity index (χ4v) is 6.22. The van der Waals surface area contributed by atoms with Gasteiger partial charge < -0.3 is 4.90 Å². The van der Waals surface area contributed by atoms with Crippen LogP contribution in [0.5, 0.6) is 0 Å². The molecule has 0 N–H and O–H groups in total. The van der Waals surface area contributed by atoms with Crippen molar-refractivity contribution in [2.24, 2.45) is 0 Å². The standard InChI is InChI=1S/C24H29ClN4OS/c1-2-11-29-23(30)21-19-5-3-4-6-20(19)31-22(21)26-24(29)28-14-12-27(13-15-28)16-17-7-9-18(25)10-8-17/h7-10H,2-6,11-16H2,1H3. The minimum atomic E-state index is 0.171. The highest BCUT2D eigenvalue weighted by atomic mass is 35.5. The van der Waals surface area contributed by atoms with Crippen molar-refractivity contribution in [3.8, 4) is 0 Å². The van der Waals surface area contributed by atoms with Crippen LogP contribution in [-0.2, 0) is 25.9 Å². The summed E-state index contributed by atoms with van der Waals surface area (Å²) in [5.41, 5.74) is 2.74. The fourth-order valence-electron chi connectivity index (χ4n) is 4.85. The summed E-state index contributed by atoms with van der Waals surface area (Å²) in [5.74, 6) is 0.865. The molecular formula is C24H29ClN4OS. The van der Waals surface area contributed by atoms with Crippen LogP contribution >= 0.6 is 22.9 Å². The lowest BCUT2D eigenvalue weighted by Crippen LogP contribution is -2.48. The summed E-state index contributed by atoms with van der Waals surface area (Å²) in [5, 5.41) is 1.68. The van der Waals surface area contributed by atoms with Crippen LogP contribution in [0.4, 0.5) is 5.95 Å². The van der Waals surface area contributed by atoms with Gasteiger partial charge in [0, 0.05) is 49.2 Å². The van der Waals surface area contributed by atoms with Crippen LogP contribution in [0.3, 0.4) is 0 Å². The first kappa shape index (κ1) is 21.0. The summed E-state index contributed by atoms with van der Waals surface area (Å²) in [6, 6.07) is 8.11. The molecule has 1 fully saturated rings. The van der Waals surface area contributed by atoms with Crippen molar-refractivity contribution >= 4 is 39.1 Å². The van der Waals surface area contributed by atoms with Gasteiger partial charge in [-0.3, -0.25) is 14.3 Å². The lowest BCUT2D eigenvalue weighted by atomic mass is 9.97. The molecule has 1 aliphatic carbocycles. The van der Waals surface area contributed by atoms with E-state index in [-0.39, 0.29) is 5.56 Å². The van der Waals surface area contributed by atoms with Gasteiger partial charge in [-0.2, -0.15) is 0 Å². The van der Waals surface area contributed by atoms with E-state index in [2.05, 4.69) is 28.9 Å². The minimum Gasteiger partial charge on any atom is -0.340 e. The number of nitrogens with zero attached hydrogens (tertiary/aromatic N) is 4. The number of anilines is 1. The molecule has 0 amide bonds. The van der Waals surface area contributed by atoms with E-state index in [1.807, 2.05) is 16.7 Å². The van der Waals surface area contributed by atoms with Gasteiger partial charge in [0.15, 0.2) is 0 Å². The largest absolute Gasteiger partial charge is 0.340 e. The first-order valence-corrected chi connectivity index (χ1v) is 12.6. The zero-order valence-electron chi connectivity index (χ0n) is 18.1. The Morgan fingerprint density at radius 3 is 2.55 bits per heavy atom. The molecule has 0 atom stereocenters. The first-order valence-electron chi connectivity index (χ1n) is 11.4. The SMILES string of the molecule is CCCn1c(N2CCN(Cc3ccc(Cl)cc3)CC2)nc2sc3c(c2c1=O)CCCC3. The van der Waals surface area contributed by atoms with Gasteiger partial charge in [0.2, 0.25) is 5.95 Å². The van der Waals surface area contributed by atoms with E-state index in [1.165, 1.54) is 28.8 Å². The second-order valence-corrected chi connectivity index (χ2v) is 10.2. The fraction of sp³-hybridized carbons (Fsp3) is 0.500. The topological polar surface area (TPSA) is 41.4 Å². The molecule has 7 heteroatoms. The van der Waals surface area contributed by atoms with Gasteiger partial charge in [-0.25, -0.2) is 4.98 Å². The summed E-state index contributed by atoms with van der Waals surface area (Å²) in [4.78, 5) is 25.7.